The second kappa shape index (κ2) is 11.0. The highest BCUT2D eigenvalue weighted by molar-refractivity contribution is 5.94. The van der Waals surface area contributed by atoms with E-state index in [1.54, 1.807) is 6.33 Å². The van der Waals surface area contributed by atoms with Crippen LogP contribution in [0.5, 0.6) is 0 Å². The van der Waals surface area contributed by atoms with E-state index < -0.39 is 5.91 Å². The average Bonchev–Trinajstić information content (AvgIpc) is 3.66. The highest BCUT2D eigenvalue weighted by Gasteiger charge is 2.25. The number of amides is 1. The molecule has 1 aromatic carbocycles. The molecule has 1 fully saturated rings. The summed E-state index contributed by atoms with van der Waals surface area (Å²) in [5.41, 5.74) is 7.10. The quantitative estimate of drug-likeness (QED) is 0.270. The van der Waals surface area contributed by atoms with Gasteiger partial charge in [0.15, 0.2) is 5.82 Å². The van der Waals surface area contributed by atoms with Crippen molar-refractivity contribution in [1.29, 1.82) is 0 Å². The van der Waals surface area contributed by atoms with Crippen LogP contribution >= 0.6 is 0 Å². The number of nitrogens with zero attached hydrogens (tertiary/aromatic N) is 6. The minimum atomic E-state index is -0.402. The van der Waals surface area contributed by atoms with Gasteiger partial charge in [0.05, 0.1) is 35.0 Å². The van der Waals surface area contributed by atoms with Gasteiger partial charge in [0.25, 0.3) is 0 Å². The van der Waals surface area contributed by atoms with Gasteiger partial charge in [-0.1, -0.05) is 38.1 Å². The Morgan fingerprint density at radius 3 is 2.57 bits per heavy atom. The van der Waals surface area contributed by atoms with E-state index in [2.05, 4.69) is 58.8 Å². The smallest absolute Gasteiger partial charge is 0.315 e. The van der Waals surface area contributed by atoms with Gasteiger partial charge in [0.1, 0.15) is 12.0 Å². The number of nitrogens with one attached hydrogen (secondary N) is 3. The maximum atomic E-state index is 12.8. The summed E-state index contributed by atoms with van der Waals surface area (Å²) in [7, 11) is 0. The number of aromatic nitrogens is 6. The van der Waals surface area contributed by atoms with Crippen LogP contribution in [0.25, 0.3) is 33.7 Å². The summed E-state index contributed by atoms with van der Waals surface area (Å²) < 4.78 is 5.21. The van der Waals surface area contributed by atoms with E-state index in [0.717, 1.165) is 76.7 Å². The van der Waals surface area contributed by atoms with Crippen molar-refractivity contribution in [3.63, 3.8) is 0 Å². The molecule has 0 spiro atoms. The van der Waals surface area contributed by atoms with Crippen molar-refractivity contribution in [2.24, 2.45) is 0 Å². The third-order valence-electron chi connectivity index (χ3n) is 7.58. The molecular weight excluding hydrogens is 530 g/mol. The molecule has 6 rings (SSSR count). The van der Waals surface area contributed by atoms with Gasteiger partial charge >= 0.3 is 11.8 Å². The fraction of sp³-hybridized carbons (Fsp3) is 0.355. The summed E-state index contributed by atoms with van der Waals surface area (Å²) in [6.07, 6.45) is 3.50. The number of anilines is 1. The van der Waals surface area contributed by atoms with Crippen LogP contribution in [0.3, 0.4) is 0 Å². The predicted octanol–water partition coefficient (Wildman–Crippen LogP) is 4.58. The minimum Gasteiger partial charge on any atom is -0.368 e. The van der Waals surface area contributed by atoms with Crippen LogP contribution < -0.4 is 15.5 Å². The molecule has 0 saturated carbocycles. The van der Waals surface area contributed by atoms with Crippen molar-refractivity contribution >= 4 is 22.6 Å². The SMILES string of the molecule is Cc1cc(-c2ncnc3[nH]c(-c4ccc(N5CCNCC5)cn4)cc23)ccc1C(C)NC(=O)c1nc(C(C)(C)C)no1. The van der Waals surface area contributed by atoms with Crippen LogP contribution in [0.1, 0.15) is 61.4 Å². The number of fused-ring (bicyclic) bond motifs is 1. The second-order valence-corrected chi connectivity index (χ2v) is 11.7. The first-order chi connectivity index (χ1) is 20.2. The molecule has 11 nitrogen and oxygen atoms in total. The summed E-state index contributed by atoms with van der Waals surface area (Å²) in [6, 6.07) is 12.1. The van der Waals surface area contributed by atoms with Crippen LogP contribution in [0, 0.1) is 6.92 Å². The lowest BCUT2D eigenvalue weighted by Crippen LogP contribution is -2.43. The zero-order chi connectivity index (χ0) is 29.4. The van der Waals surface area contributed by atoms with Crippen LogP contribution in [0.15, 0.2) is 53.4 Å². The van der Waals surface area contributed by atoms with Crippen molar-refractivity contribution in [3.8, 4) is 22.6 Å². The molecule has 1 saturated heterocycles. The summed E-state index contributed by atoms with van der Waals surface area (Å²) >= 11 is 0. The van der Waals surface area contributed by atoms with Crippen molar-refractivity contribution in [2.75, 3.05) is 31.1 Å². The normalized spacial score (nSPS) is 14.7. The number of hydrogen-bond donors (Lipinski definition) is 3. The highest BCUT2D eigenvalue weighted by atomic mass is 16.5. The topological polar surface area (TPSA) is 138 Å². The van der Waals surface area contributed by atoms with E-state index in [1.807, 2.05) is 59.0 Å². The molecule has 5 aromatic rings. The molecule has 3 N–H and O–H groups in total. The lowest BCUT2D eigenvalue weighted by Gasteiger charge is -2.29. The largest absolute Gasteiger partial charge is 0.368 e. The lowest BCUT2D eigenvalue weighted by atomic mass is 9.96. The Hall–Kier alpha value is -4.64. The minimum absolute atomic E-state index is 0.0411. The van der Waals surface area contributed by atoms with E-state index in [1.165, 1.54) is 0 Å². The molecule has 42 heavy (non-hydrogen) atoms. The van der Waals surface area contributed by atoms with Gasteiger partial charge in [0, 0.05) is 42.5 Å². The molecule has 0 aliphatic carbocycles. The van der Waals surface area contributed by atoms with Crippen LogP contribution in [0.4, 0.5) is 5.69 Å². The van der Waals surface area contributed by atoms with Gasteiger partial charge in [-0.2, -0.15) is 4.98 Å². The first kappa shape index (κ1) is 27.5. The summed E-state index contributed by atoms with van der Waals surface area (Å²) in [6.45, 7) is 13.8. The molecule has 1 aliphatic rings. The third-order valence-corrected chi connectivity index (χ3v) is 7.58. The fourth-order valence-electron chi connectivity index (χ4n) is 5.23. The Labute approximate surface area is 244 Å². The van der Waals surface area contributed by atoms with E-state index >= 15 is 0 Å². The van der Waals surface area contributed by atoms with E-state index in [4.69, 9.17) is 9.51 Å². The van der Waals surface area contributed by atoms with E-state index in [-0.39, 0.29) is 17.3 Å². The van der Waals surface area contributed by atoms with Gasteiger partial charge in [0.2, 0.25) is 0 Å². The number of piperazine rings is 1. The van der Waals surface area contributed by atoms with Crippen LogP contribution in [0.2, 0.25) is 0 Å². The van der Waals surface area contributed by atoms with Crippen molar-refractivity contribution < 1.29 is 9.32 Å². The van der Waals surface area contributed by atoms with Gasteiger partial charge in [-0.05, 0) is 49.2 Å². The summed E-state index contributed by atoms with van der Waals surface area (Å²) in [5.74, 6) is 0.0504. The van der Waals surface area contributed by atoms with Gasteiger partial charge in [-0.25, -0.2) is 9.97 Å². The van der Waals surface area contributed by atoms with Crippen molar-refractivity contribution in [2.45, 2.75) is 46.1 Å². The molecule has 216 valence electrons. The molecule has 1 atom stereocenters. The van der Waals surface area contributed by atoms with E-state index in [9.17, 15) is 4.79 Å². The maximum absolute atomic E-state index is 12.8. The number of benzene rings is 1. The zero-order valence-corrected chi connectivity index (χ0v) is 24.5. The summed E-state index contributed by atoms with van der Waals surface area (Å²) in [5, 5.41) is 11.2. The third kappa shape index (κ3) is 5.47. The molecule has 0 bridgehead atoms. The zero-order valence-electron chi connectivity index (χ0n) is 24.5. The maximum Gasteiger partial charge on any atom is 0.315 e. The number of aromatic amines is 1. The number of carbonyl (C=O) groups is 1. The number of H-pyrrole nitrogens is 1. The Morgan fingerprint density at radius 1 is 1.07 bits per heavy atom. The average molecular weight is 566 g/mol. The number of pyridine rings is 1. The van der Waals surface area contributed by atoms with Crippen LogP contribution in [-0.4, -0.2) is 62.2 Å². The first-order valence-corrected chi connectivity index (χ1v) is 14.2. The molecule has 4 aromatic heterocycles. The monoisotopic (exact) mass is 565 g/mol. The van der Waals surface area contributed by atoms with Crippen molar-refractivity contribution in [1.82, 2.24) is 40.7 Å². The molecule has 1 aliphatic heterocycles. The standard InChI is InChI=1S/C31H35N9O2/c1-18-14-20(6-8-22(18)19(2)36-28(41)29-38-30(39-42-29)31(3,4)5)26-23-15-25(37-27(23)35-17-34-26)24-9-7-21(16-33-24)40-12-10-32-11-13-40/h6-9,14-17,19,32H,10-13H2,1-5H3,(H,36,41)(H,34,35,37). The Balaban J connectivity index is 1.21. The molecule has 5 heterocycles. The molecule has 1 amide bonds. The van der Waals surface area contributed by atoms with Crippen LogP contribution in [-0.2, 0) is 5.41 Å². The van der Waals surface area contributed by atoms with Crippen molar-refractivity contribution in [3.05, 3.63) is 71.8 Å². The van der Waals surface area contributed by atoms with Gasteiger partial charge in [-0.3, -0.25) is 9.78 Å². The van der Waals surface area contributed by atoms with Gasteiger partial charge in [-0.15, -0.1) is 0 Å². The first-order valence-electron chi connectivity index (χ1n) is 14.2. The van der Waals surface area contributed by atoms with Gasteiger partial charge < -0.3 is 25.0 Å². The van der Waals surface area contributed by atoms with E-state index in [0.29, 0.717) is 5.82 Å². The predicted molar refractivity (Wildman–Crippen MR) is 161 cm³/mol. The lowest BCUT2D eigenvalue weighted by molar-refractivity contribution is 0.0895. The summed E-state index contributed by atoms with van der Waals surface area (Å²) in [4.78, 5) is 36.6. The highest BCUT2D eigenvalue weighted by Crippen LogP contribution is 2.32. The number of aryl methyl sites for hydroxylation is 1. The number of carbonyl (C=O) groups excluding carboxylic acids is 1. The fourth-order valence-corrected chi connectivity index (χ4v) is 5.23. The number of hydrogen-bond acceptors (Lipinski definition) is 9. The Bertz CT molecular complexity index is 1730. The molecule has 11 heteroatoms. The Kier molecular flexibility index (Phi) is 7.19. The second-order valence-electron chi connectivity index (χ2n) is 11.7. The molecular formula is C31H35N9O2. The molecule has 0 radical (unpaired) electrons. The number of rotatable bonds is 6. The molecule has 1 unspecified atom stereocenters. The Morgan fingerprint density at radius 2 is 1.88 bits per heavy atom.